The van der Waals surface area contributed by atoms with Crippen LogP contribution in [0.25, 0.3) is 0 Å². The van der Waals surface area contributed by atoms with Gasteiger partial charge < -0.3 is 5.32 Å². The van der Waals surface area contributed by atoms with Crippen molar-refractivity contribution in [2.45, 2.75) is 12.5 Å². The highest BCUT2D eigenvalue weighted by atomic mass is 35.5. The largest absolute Gasteiger partial charge is 0.314 e. The van der Waals surface area contributed by atoms with Crippen molar-refractivity contribution in [2.24, 2.45) is 0 Å². The third-order valence-electron chi connectivity index (χ3n) is 3.39. The van der Waals surface area contributed by atoms with Crippen LogP contribution in [0.3, 0.4) is 0 Å². The van der Waals surface area contributed by atoms with Crippen molar-refractivity contribution in [3.8, 4) is 0 Å². The van der Waals surface area contributed by atoms with E-state index in [1.165, 1.54) is 0 Å². The molecule has 0 radical (unpaired) electrons. The molecule has 0 aromatic heterocycles. The van der Waals surface area contributed by atoms with Crippen LogP contribution in [0, 0.1) is 11.6 Å². The zero-order valence-corrected chi connectivity index (χ0v) is 11.2. The Bertz CT molecular complexity index is 436. The maximum Gasteiger partial charge on any atom is 0.142 e. The van der Waals surface area contributed by atoms with Crippen LogP contribution < -0.4 is 5.32 Å². The molecule has 106 valence electrons. The molecule has 1 atom stereocenters. The highest BCUT2D eigenvalue weighted by Crippen LogP contribution is 2.34. The maximum absolute atomic E-state index is 13.9. The lowest BCUT2D eigenvalue weighted by Gasteiger charge is -2.35. The first-order valence-electron chi connectivity index (χ1n) is 6.29. The third-order valence-corrected chi connectivity index (χ3v) is 3.77. The molecule has 1 N–H and O–H groups in total. The maximum atomic E-state index is 13.9. The number of benzene rings is 1. The lowest BCUT2D eigenvalue weighted by Crippen LogP contribution is -2.45. The van der Waals surface area contributed by atoms with E-state index >= 15 is 0 Å². The Kier molecular flexibility index (Phi) is 5.07. The summed E-state index contributed by atoms with van der Waals surface area (Å²) in [6.45, 7) is 2.23. The van der Waals surface area contributed by atoms with Crippen LogP contribution in [0.15, 0.2) is 12.1 Å². The molecule has 1 heterocycles. The van der Waals surface area contributed by atoms with E-state index in [0.29, 0.717) is 13.1 Å². The average Bonchev–Trinajstić information content (AvgIpc) is 2.43. The van der Waals surface area contributed by atoms with Crippen molar-refractivity contribution in [1.82, 2.24) is 10.2 Å². The normalized spacial score (nSPS) is 18.5. The summed E-state index contributed by atoms with van der Waals surface area (Å²) in [5, 5.41) is 2.93. The van der Waals surface area contributed by atoms with Crippen molar-refractivity contribution in [2.75, 3.05) is 32.9 Å². The molecule has 1 aliphatic rings. The number of hydrogen-bond acceptors (Lipinski definition) is 2. The first-order chi connectivity index (χ1) is 9.15. The molecular formula is C13H16ClF3N2. The van der Waals surface area contributed by atoms with Gasteiger partial charge in [0.05, 0.1) is 11.7 Å². The van der Waals surface area contributed by atoms with Crippen LogP contribution >= 0.6 is 11.6 Å². The van der Waals surface area contributed by atoms with Gasteiger partial charge in [-0.25, -0.2) is 8.78 Å². The van der Waals surface area contributed by atoms with Gasteiger partial charge in [0.2, 0.25) is 0 Å². The molecule has 2 rings (SSSR count). The number of hydrogen-bond donors (Lipinski definition) is 1. The molecule has 19 heavy (non-hydrogen) atoms. The Hall–Kier alpha value is -0.780. The van der Waals surface area contributed by atoms with E-state index < -0.39 is 24.4 Å². The molecule has 1 aromatic carbocycles. The Morgan fingerprint density at radius 2 is 1.84 bits per heavy atom. The summed E-state index contributed by atoms with van der Waals surface area (Å²) in [6, 6.07) is 1.52. The minimum absolute atomic E-state index is 0.0706. The number of rotatable bonds is 4. The van der Waals surface area contributed by atoms with E-state index in [1.807, 2.05) is 4.90 Å². The SMILES string of the molecule is FCC[C@H](c1c(F)ccc(F)c1Cl)N1CCNCC1. The van der Waals surface area contributed by atoms with Crippen molar-refractivity contribution < 1.29 is 13.2 Å². The van der Waals surface area contributed by atoms with Crippen molar-refractivity contribution in [3.63, 3.8) is 0 Å². The minimum atomic E-state index is -0.669. The molecule has 1 fully saturated rings. The number of alkyl halides is 1. The Morgan fingerprint density at radius 3 is 2.47 bits per heavy atom. The third kappa shape index (κ3) is 3.22. The van der Waals surface area contributed by atoms with Crippen molar-refractivity contribution >= 4 is 11.6 Å². The molecule has 0 bridgehead atoms. The Labute approximate surface area is 115 Å². The molecule has 2 nitrogen and oxygen atoms in total. The Morgan fingerprint density at radius 1 is 1.21 bits per heavy atom. The van der Waals surface area contributed by atoms with Crippen LogP contribution in [0.2, 0.25) is 5.02 Å². The molecule has 1 aliphatic heterocycles. The number of piperazine rings is 1. The van der Waals surface area contributed by atoms with E-state index in [1.54, 1.807) is 0 Å². The minimum Gasteiger partial charge on any atom is -0.314 e. The van der Waals surface area contributed by atoms with Gasteiger partial charge in [0.1, 0.15) is 11.6 Å². The monoisotopic (exact) mass is 292 g/mol. The fourth-order valence-electron chi connectivity index (χ4n) is 2.45. The molecule has 1 aromatic rings. The summed E-state index contributed by atoms with van der Waals surface area (Å²) in [4.78, 5) is 1.94. The summed E-state index contributed by atoms with van der Waals surface area (Å²) in [7, 11) is 0. The van der Waals surface area contributed by atoms with Gasteiger partial charge >= 0.3 is 0 Å². The van der Waals surface area contributed by atoms with Crippen molar-refractivity contribution in [1.29, 1.82) is 0 Å². The first kappa shape index (κ1) is 14.6. The average molecular weight is 293 g/mol. The van der Waals surface area contributed by atoms with E-state index in [-0.39, 0.29) is 17.0 Å². The van der Waals surface area contributed by atoms with Gasteiger partial charge in [0.15, 0.2) is 0 Å². The number of nitrogens with zero attached hydrogens (tertiary/aromatic N) is 1. The first-order valence-corrected chi connectivity index (χ1v) is 6.67. The summed E-state index contributed by atoms with van der Waals surface area (Å²) in [5.41, 5.74) is 0.0706. The Balaban J connectivity index is 2.35. The van der Waals surface area contributed by atoms with Gasteiger partial charge in [-0.2, -0.15) is 0 Å². The predicted octanol–water partition coefficient (Wildman–Crippen LogP) is 2.92. The zero-order chi connectivity index (χ0) is 13.8. The molecule has 6 heteroatoms. The predicted molar refractivity (Wildman–Crippen MR) is 69.1 cm³/mol. The van der Waals surface area contributed by atoms with E-state index in [9.17, 15) is 13.2 Å². The number of nitrogens with one attached hydrogen (secondary N) is 1. The smallest absolute Gasteiger partial charge is 0.142 e. The highest BCUT2D eigenvalue weighted by Gasteiger charge is 2.27. The van der Waals surface area contributed by atoms with Gasteiger partial charge in [-0.05, 0) is 18.6 Å². The molecule has 0 unspecified atom stereocenters. The zero-order valence-electron chi connectivity index (χ0n) is 10.4. The fraction of sp³-hybridized carbons (Fsp3) is 0.538. The van der Waals surface area contributed by atoms with E-state index in [4.69, 9.17) is 11.6 Å². The topological polar surface area (TPSA) is 15.3 Å². The lowest BCUT2D eigenvalue weighted by atomic mass is 10.0. The summed E-state index contributed by atoms with van der Waals surface area (Å²) in [6.07, 6.45) is 0.111. The van der Waals surface area contributed by atoms with Crippen LogP contribution in [0.5, 0.6) is 0 Å². The van der Waals surface area contributed by atoms with Gasteiger partial charge in [0, 0.05) is 37.8 Å². The van der Waals surface area contributed by atoms with Gasteiger partial charge in [-0.3, -0.25) is 9.29 Å². The molecular weight excluding hydrogens is 277 g/mol. The molecule has 0 amide bonds. The van der Waals surface area contributed by atoms with Crippen molar-refractivity contribution in [3.05, 3.63) is 34.4 Å². The van der Waals surface area contributed by atoms with Gasteiger partial charge in [0.25, 0.3) is 0 Å². The molecule has 1 saturated heterocycles. The van der Waals surface area contributed by atoms with E-state index in [0.717, 1.165) is 25.2 Å². The number of halogens is 4. The summed E-state index contributed by atoms with van der Waals surface area (Å²) >= 11 is 5.87. The second-order valence-corrected chi connectivity index (χ2v) is 4.91. The lowest BCUT2D eigenvalue weighted by molar-refractivity contribution is 0.154. The van der Waals surface area contributed by atoms with Crippen LogP contribution in [0.4, 0.5) is 13.2 Å². The second kappa shape index (κ2) is 6.59. The van der Waals surface area contributed by atoms with Crippen LogP contribution in [-0.4, -0.2) is 37.8 Å². The van der Waals surface area contributed by atoms with Gasteiger partial charge in [-0.1, -0.05) is 11.6 Å². The fourth-order valence-corrected chi connectivity index (χ4v) is 2.73. The van der Waals surface area contributed by atoms with E-state index in [2.05, 4.69) is 5.32 Å². The molecule has 0 aliphatic carbocycles. The standard InChI is InChI=1S/C13H16ClF3N2/c14-13-10(17)2-1-9(16)12(13)11(3-4-15)19-7-5-18-6-8-19/h1-2,11,18H,3-8H2/t11-/m1/s1. The van der Waals surface area contributed by atoms with Crippen LogP contribution in [-0.2, 0) is 0 Å². The highest BCUT2D eigenvalue weighted by molar-refractivity contribution is 6.31. The summed E-state index contributed by atoms with van der Waals surface area (Å²) in [5.74, 6) is -1.25. The molecule has 0 saturated carbocycles. The quantitative estimate of drug-likeness (QED) is 0.859. The van der Waals surface area contributed by atoms with Crippen LogP contribution in [0.1, 0.15) is 18.0 Å². The molecule has 0 spiro atoms. The summed E-state index contributed by atoms with van der Waals surface area (Å²) < 4.78 is 40.2. The second-order valence-electron chi connectivity index (χ2n) is 4.54. The van der Waals surface area contributed by atoms with Gasteiger partial charge in [-0.15, -0.1) is 0 Å².